The molecule has 0 aliphatic carbocycles. The topological polar surface area (TPSA) is 70.7 Å². The lowest BCUT2D eigenvalue weighted by Crippen LogP contribution is -2.30. The molecule has 31 heavy (non-hydrogen) atoms. The summed E-state index contributed by atoms with van der Waals surface area (Å²) in [6.45, 7) is 8.25. The lowest BCUT2D eigenvalue weighted by Gasteiger charge is -2.19. The lowest BCUT2D eigenvalue weighted by molar-refractivity contribution is -0.114. The predicted molar refractivity (Wildman–Crippen MR) is 127 cm³/mol. The molecule has 0 heterocycles. The second-order valence-electron chi connectivity index (χ2n) is 7.39. The standard InChI is InChI=1S/C25H35N3O3/c1-4-7-8-9-17-31-23-15-13-21(14-16-23)26-19-24(29)27-22-12-10-11-20(18-22)25(30)28(5-2)6-3/h10-16,18,26H,4-9,17,19H2,1-3H3,(H,27,29). The van der Waals surface area contributed by atoms with Crippen LogP contribution in [0.2, 0.25) is 0 Å². The van der Waals surface area contributed by atoms with Crippen molar-refractivity contribution in [1.29, 1.82) is 0 Å². The van der Waals surface area contributed by atoms with E-state index in [0.717, 1.165) is 24.5 Å². The first-order chi connectivity index (χ1) is 15.1. The van der Waals surface area contributed by atoms with Crippen molar-refractivity contribution < 1.29 is 14.3 Å². The van der Waals surface area contributed by atoms with Crippen LogP contribution in [0.4, 0.5) is 11.4 Å². The molecule has 2 aromatic carbocycles. The van der Waals surface area contributed by atoms with Gasteiger partial charge in [-0.15, -0.1) is 0 Å². The van der Waals surface area contributed by atoms with Crippen molar-refractivity contribution in [2.24, 2.45) is 0 Å². The Kier molecular flexibility index (Phi) is 10.4. The van der Waals surface area contributed by atoms with Crippen molar-refractivity contribution in [2.75, 3.05) is 36.9 Å². The average molecular weight is 426 g/mol. The number of amides is 2. The van der Waals surface area contributed by atoms with Gasteiger partial charge >= 0.3 is 0 Å². The Labute approximate surface area is 186 Å². The molecule has 0 saturated carbocycles. The number of hydrogen-bond acceptors (Lipinski definition) is 4. The van der Waals surface area contributed by atoms with Crippen LogP contribution in [0.5, 0.6) is 5.75 Å². The molecule has 0 bridgehead atoms. The highest BCUT2D eigenvalue weighted by Crippen LogP contribution is 2.17. The quantitative estimate of drug-likeness (QED) is 0.434. The van der Waals surface area contributed by atoms with Gasteiger partial charge in [0.2, 0.25) is 5.91 Å². The molecule has 6 heteroatoms. The van der Waals surface area contributed by atoms with Crippen LogP contribution in [0.3, 0.4) is 0 Å². The second kappa shape index (κ2) is 13.3. The van der Waals surface area contributed by atoms with Crippen LogP contribution in [0.25, 0.3) is 0 Å². The third-order valence-corrected chi connectivity index (χ3v) is 5.02. The maximum absolute atomic E-state index is 12.5. The number of anilines is 2. The molecule has 2 N–H and O–H groups in total. The van der Waals surface area contributed by atoms with Crippen LogP contribution in [0.15, 0.2) is 48.5 Å². The van der Waals surface area contributed by atoms with Gasteiger partial charge in [-0.05, 0) is 62.7 Å². The molecule has 2 amide bonds. The Bertz CT molecular complexity index is 817. The third kappa shape index (κ3) is 8.32. The molecule has 0 aromatic heterocycles. The first kappa shape index (κ1) is 24.3. The number of benzene rings is 2. The molecule has 0 saturated heterocycles. The monoisotopic (exact) mass is 425 g/mol. The Morgan fingerprint density at radius 1 is 0.903 bits per heavy atom. The summed E-state index contributed by atoms with van der Waals surface area (Å²) in [5.74, 6) is 0.622. The maximum atomic E-state index is 12.5. The Balaban J connectivity index is 1.80. The highest BCUT2D eigenvalue weighted by atomic mass is 16.5. The zero-order valence-corrected chi connectivity index (χ0v) is 18.9. The van der Waals surface area contributed by atoms with Gasteiger partial charge in [0.25, 0.3) is 5.91 Å². The number of carbonyl (C=O) groups excluding carboxylic acids is 2. The van der Waals surface area contributed by atoms with Gasteiger partial charge in [-0.2, -0.15) is 0 Å². The van der Waals surface area contributed by atoms with Crippen molar-refractivity contribution in [3.8, 4) is 5.75 Å². The Morgan fingerprint density at radius 3 is 2.32 bits per heavy atom. The molecular weight excluding hydrogens is 390 g/mol. The van der Waals surface area contributed by atoms with E-state index < -0.39 is 0 Å². The normalized spacial score (nSPS) is 10.4. The molecule has 0 fully saturated rings. The summed E-state index contributed by atoms with van der Waals surface area (Å²) >= 11 is 0. The molecule has 0 unspecified atom stereocenters. The Hall–Kier alpha value is -3.02. The Morgan fingerprint density at radius 2 is 1.65 bits per heavy atom. The van der Waals surface area contributed by atoms with Gasteiger partial charge in [0.1, 0.15) is 5.75 Å². The smallest absolute Gasteiger partial charge is 0.253 e. The number of unbranched alkanes of at least 4 members (excludes halogenated alkanes) is 3. The summed E-state index contributed by atoms with van der Waals surface area (Å²) in [7, 11) is 0. The second-order valence-corrected chi connectivity index (χ2v) is 7.39. The van der Waals surface area contributed by atoms with Gasteiger partial charge in [0, 0.05) is 30.0 Å². The number of nitrogens with one attached hydrogen (secondary N) is 2. The van der Waals surface area contributed by atoms with Crippen LogP contribution in [-0.2, 0) is 4.79 Å². The zero-order valence-electron chi connectivity index (χ0n) is 18.9. The summed E-state index contributed by atoms with van der Waals surface area (Å²) in [4.78, 5) is 26.6. The SMILES string of the molecule is CCCCCCOc1ccc(NCC(=O)Nc2cccc(C(=O)N(CC)CC)c2)cc1. The number of nitrogens with zero attached hydrogens (tertiary/aromatic N) is 1. The average Bonchev–Trinajstić information content (AvgIpc) is 2.79. The molecule has 6 nitrogen and oxygen atoms in total. The van der Waals surface area contributed by atoms with Crippen LogP contribution < -0.4 is 15.4 Å². The molecular formula is C25H35N3O3. The van der Waals surface area contributed by atoms with Crippen LogP contribution in [-0.4, -0.2) is 43.0 Å². The molecule has 0 aliphatic heterocycles. The molecule has 0 aliphatic rings. The van der Waals surface area contributed by atoms with E-state index in [1.165, 1.54) is 19.3 Å². The van der Waals surface area contributed by atoms with E-state index in [1.54, 1.807) is 29.2 Å². The molecule has 0 spiro atoms. The van der Waals surface area contributed by atoms with Gasteiger partial charge in [0.05, 0.1) is 13.2 Å². The fraction of sp³-hybridized carbons (Fsp3) is 0.440. The third-order valence-electron chi connectivity index (χ3n) is 5.02. The molecule has 0 radical (unpaired) electrons. The van der Waals surface area contributed by atoms with Crippen LogP contribution in [0, 0.1) is 0 Å². The van der Waals surface area contributed by atoms with Gasteiger partial charge in [-0.3, -0.25) is 9.59 Å². The summed E-state index contributed by atoms with van der Waals surface area (Å²) < 4.78 is 5.74. The van der Waals surface area contributed by atoms with E-state index in [4.69, 9.17) is 4.74 Å². The van der Waals surface area contributed by atoms with Gasteiger partial charge in [0.15, 0.2) is 0 Å². The minimum atomic E-state index is -0.177. The molecule has 168 valence electrons. The van der Waals surface area contributed by atoms with Crippen molar-refractivity contribution in [2.45, 2.75) is 46.5 Å². The van der Waals surface area contributed by atoms with Gasteiger partial charge in [-0.1, -0.05) is 32.3 Å². The van der Waals surface area contributed by atoms with E-state index in [2.05, 4.69) is 17.6 Å². The summed E-state index contributed by atoms with van der Waals surface area (Å²) in [6.07, 6.45) is 4.71. The first-order valence-electron chi connectivity index (χ1n) is 11.2. The highest BCUT2D eigenvalue weighted by molar-refractivity contribution is 5.98. The van der Waals surface area contributed by atoms with E-state index in [1.807, 2.05) is 38.1 Å². The van der Waals surface area contributed by atoms with Gasteiger partial charge in [-0.25, -0.2) is 0 Å². The minimum Gasteiger partial charge on any atom is -0.494 e. The molecule has 2 aromatic rings. The van der Waals surface area contributed by atoms with E-state index >= 15 is 0 Å². The zero-order chi connectivity index (χ0) is 22.5. The minimum absolute atomic E-state index is 0.0353. The lowest BCUT2D eigenvalue weighted by atomic mass is 10.1. The van der Waals surface area contributed by atoms with Crippen LogP contribution in [0.1, 0.15) is 56.8 Å². The van der Waals surface area contributed by atoms with E-state index in [0.29, 0.717) is 24.3 Å². The summed E-state index contributed by atoms with van der Waals surface area (Å²) in [6, 6.07) is 14.7. The molecule has 2 rings (SSSR count). The van der Waals surface area contributed by atoms with Crippen LogP contribution >= 0.6 is 0 Å². The van der Waals surface area contributed by atoms with Crippen molar-refractivity contribution in [3.63, 3.8) is 0 Å². The first-order valence-corrected chi connectivity index (χ1v) is 11.2. The maximum Gasteiger partial charge on any atom is 0.253 e. The fourth-order valence-corrected chi connectivity index (χ4v) is 3.20. The number of carbonyl (C=O) groups is 2. The van der Waals surface area contributed by atoms with E-state index in [-0.39, 0.29) is 18.4 Å². The fourth-order valence-electron chi connectivity index (χ4n) is 3.20. The summed E-state index contributed by atoms with van der Waals surface area (Å²) in [5, 5.41) is 5.95. The highest BCUT2D eigenvalue weighted by Gasteiger charge is 2.13. The predicted octanol–water partition coefficient (Wildman–Crippen LogP) is 5.18. The van der Waals surface area contributed by atoms with Gasteiger partial charge < -0.3 is 20.3 Å². The molecule has 0 atom stereocenters. The number of hydrogen-bond donors (Lipinski definition) is 2. The van der Waals surface area contributed by atoms with E-state index in [9.17, 15) is 9.59 Å². The summed E-state index contributed by atoms with van der Waals surface area (Å²) in [5.41, 5.74) is 2.02. The number of ether oxygens (including phenoxy) is 1. The van der Waals surface area contributed by atoms with Crippen molar-refractivity contribution in [3.05, 3.63) is 54.1 Å². The van der Waals surface area contributed by atoms with Crippen molar-refractivity contribution in [1.82, 2.24) is 4.90 Å². The largest absolute Gasteiger partial charge is 0.494 e. The number of rotatable bonds is 13. The van der Waals surface area contributed by atoms with Crippen molar-refractivity contribution >= 4 is 23.2 Å².